The molecule has 1 fully saturated rings. The molecule has 0 aromatic heterocycles. The quantitative estimate of drug-likeness (QED) is 0.859. The first-order chi connectivity index (χ1) is 10.1. The van der Waals surface area contributed by atoms with E-state index in [1.807, 2.05) is 26.1 Å². The lowest BCUT2D eigenvalue weighted by Crippen LogP contribution is -2.29. The van der Waals surface area contributed by atoms with Gasteiger partial charge in [-0.2, -0.15) is 0 Å². The Bertz CT molecular complexity index is 413. The molecule has 21 heavy (non-hydrogen) atoms. The normalized spacial score (nSPS) is 25.6. The van der Waals surface area contributed by atoms with E-state index in [1.165, 1.54) is 12.0 Å². The van der Waals surface area contributed by atoms with Crippen molar-refractivity contribution in [1.82, 2.24) is 5.32 Å². The molecule has 2 atom stereocenters. The van der Waals surface area contributed by atoms with Crippen molar-refractivity contribution >= 4 is 0 Å². The topological polar surface area (TPSA) is 30.5 Å². The van der Waals surface area contributed by atoms with E-state index in [1.54, 1.807) is 0 Å². The van der Waals surface area contributed by atoms with Crippen LogP contribution in [0.25, 0.3) is 0 Å². The summed E-state index contributed by atoms with van der Waals surface area (Å²) in [5.41, 5.74) is 1.18. The Morgan fingerprint density at radius 2 is 1.86 bits per heavy atom. The molecule has 1 N–H and O–H groups in total. The Morgan fingerprint density at radius 3 is 2.48 bits per heavy atom. The van der Waals surface area contributed by atoms with Gasteiger partial charge in [0.05, 0.1) is 12.7 Å². The monoisotopic (exact) mass is 291 g/mol. The molecule has 2 rings (SSSR count). The molecule has 1 aromatic rings. The third kappa shape index (κ3) is 4.37. The number of ether oxygens (including phenoxy) is 2. The van der Waals surface area contributed by atoms with Gasteiger partial charge in [0.1, 0.15) is 0 Å². The second-order valence-electron chi connectivity index (χ2n) is 6.37. The molecule has 3 nitrogen and oxygen atoms in total. The van der Waals surface area contributed by atoms with E-state index in [0.29, 0.717) is 12.7 Å². The van der Waals surface area contributed by atoms with Crippen molar-refractivity contribution in [3.05, 3.63) is 23.8 Å². The fraction of sp³-hybridized carbons (Fsp3) is 0.667. The molecule has 0 radical (unpaired) electrons. The zero-order chi connectivity index (χ0) is 15.2. The molecule has 1 aromatic carbocycles. The highest BCUT2D eigenvalue weighted by molar-refractivity contribution is 5.46. The number of hydrogen-bond donors (Lipinski definition) is 1. The second kappa shape index (κ2) is 7.69. The fourth-order valence-electron chi connectivity index (χ4n) is 3.43. The summed E-state index contributed by atoms with van der Waals surface area (Å²) >= 11 is 0. The zero-order valence-corrected chi connectivity index (χ0v) is 13.8. The maximum atomic E-state index is 6.40. The highest BCUT2D eigenvalue weighted by atomic mass is 16.5. The van der Waals surface area contributed by atoms with E-state index in [9.17, 15) is 0 Å². The average Bonchev–Trinajstić information content (AvgIpc) is 2.42. The lowest BCUT2D eigenvalue weighted by atomic mass is 9.82. The molecule has 2 unspecified atom stereocenters. The standard InChI is InChI=1S/C18H29NO2/c1-5-20-17-8-6-7-15(12-19-4)18(17)21-16-10-13(2)9-14(3)11-16/h6-8,13-14,16,19H,5,9-12H2,1-4H3. The molecule has 0 heterocycles. The van der Waals surface area contributed by atoms with Crippen molar-refractivity contribution in [2.24, 2.45) is 11.8 Å². The molecule has 118 valence electrons. The summed E-state index contributed by atoms with van der Waals surface area (Å²) in [6, 6.07) is 6.16. The van der Waals surface area contributed by atoms with Gasteiger partial charge in [-0.05, 0) is 51.1 Å². The molecule has 3 heteroatoms. The van der Waals surface area contributed by atoms with Gasteiger partial charge in [0.25, 0.3) is 0 Å². The number of para-hydroxylation sites is 1. The summed E-state index contributed by atoms with van der Waals surface area (Å²) in [7, 11) is 1.96. The maximum absolute atomic E-state index is 6.40. The number of benzene rings is 1. The van der Waals surface area contributed by atoms with E-state index in [2.05, 4.69) is 25.2 Å². The predicted octanol–water partition coefficient (Wildman–Crippen LogP) is 4.01. The van der Waals surface area contributed by atoms with Crippen LogP contribution in [0.5, 0.6) is 11.5 Å². The maximum Gasteiger partial charge on any atom is 0.166 e. The number of hydrogen-bond acceptors (Lipinski definition) is 3. The van der Waals surface area contributed by atoms with Crippen LogP contribution < -0.4 is 14.8 Å². The molecule has 0 aliphatic heterocycles. The summed E-state index contributed by atoms with van der Waals surface area (Å²) < 4.78 is 12.2. The van der Waals surface area contributed by atoms with Crippen LogP contribution in [0, 0.1) is 11.8 Å². The van der Waals surface area contributed by atoms with Crippen molar-refractivity contribution in [2.45, 2.75) is 52.7 Å². The Hall–Kier alpha value is -1.22. The van der Waals surface area contributed by atoms with Crippen LogP contribution in [0.15, 0.2) is 18.2 Å². The molecule has 0 saturated heterocycles. The first-order valence-electron chi connectivity index (χ1n) is 8.20. The largest absolute Gasteiger partial charge is 0.490 e. The van der Waals surface area contributed by atoms with E-state index in [4.69, 9.17) is 9.47 Å². The van der Waals surface area contributed by atoms with Gasteiger partial charge < -0.3 is 14.8 Å². The van der Waals surface area contributed by atoms with Gasteiger partial charge in [0.2, 0.25) is 0 Å². The van der Waals surface area contributed by atoms with Crippen LogP contribution in [0.3, 0.4) is 0 Å². The van der Waals surface area contributed by atoms with Crippen molar-refractivity contribution in [2.75, 3.05) is 13.7 Å². The third-order valence-electron chi connectivity index (χ3n) is 4.15. The molecule has 1 aliphatic carbocycles. The van der Waals surface area contributed by atoms with Gasteiger partial charge in [-0.1, -0.05) is 26.0 Å². The first kappa shape index (κ1) is 16.2. The summed E-state index contributed by atoms with van der Waals surface area (Å²) in [6.45, 7) is 8.13. The molecule has 0 bridgehead atoms. The van der Waals surface area contributed by atoms with E-state index in [-0.39, 0.29) is 0 Å². The van der Waals surface area contributed by atoms with Gasteiger partial charge in [-0.3, -0.25) is 0 Å². The lowest BCUT2D eigenvalue weighted by molar-refractivity contribution is 0.0960. The van der Waals surface area contributed by atoms with E-state index < -0.39 is 0 Å². The molecular formula is C18H29NO2. The first-order valence-corrected chi connectivity index (χ1v) is 8.20. The summed E-state index contributed by atoms with van der Waals surface area (Å²) in [6.07, 6.45) is 3.91. The highest BCUT2D eigenvalue weighted by Gasteiger charge is 2.26. The lowest BCUT2D eigenvalue weighted by Gasteiger charge is -2.32. The van der Waals surface area contributed by atoms with Crippen LogP contribution in [0.2, 0.25) is 0 Å². The SMILES string of the molecule is CCOc1cccc(CNC)c1OC1CC(C)CC(C)C1. The van der Waals surface area contributed by atoms with Gasteiger partial charge in [-0.15, -0.1) is 0 Å². The van der Waals surface area contributed by atoms with Gasteiger partial charge >= 0.3 is 0 Å². The smallest absolute Gasteiger partial charge is 0.166 e. The predicted molar refractivity (Wildman–Crippen MR) is 87.0 cm³/mol. The van der Waals surface area contributed by atoms with E-state index in [0.717, 1.165) is 42.7 Å². The molecule has 1 aliphatic rings. The number of nitrogens with one attached hydrogen (secondary N) is 1. The van der Waals surface area contributed by atoms with Gasteiger partial charge in [0, 0.05) is 12.1 Å². The highest BCUT2D eigenvalue weighted by Crippen LogP contribution is 2.37. The minimum Gasteiger partial charge on any atom is -0.490 e. The summed E-state index contributed by atoms with van der Waals surface area (Å²) in [4.78, 5) is 0. The Labute approximate surface area is 129 Å². The van der Waals surface area contributed by atoms with Crippen molar-refractivity contribution in [3.8, 4) is 11.5 Å². The molecule has 0 spiro atoms. The zero-order valence-electron chi connectivity index (χ0n) is 13.8. The second-order valence-corrected chi connectivity index (χ2v) is 6.37. The van der Waals surface area contributed by atoms with Crippen molar-refractivity contribution < 1.29 is 9.47 Å². The van der Waals surface area contributed by atoms with E-state index >= 15 is 0 Å². The molecular weight excluding hydrogens is 262 g/mol. The Balaban J connectivity index is 2.19. The third-order valence-corrected chi connectivity index (χ3v) is 4.15. The summed E-state index contributed by atoms with van der Waals surface area (Å²) in [5.74, 6) is 3.28. The van der Waals surface area contributed by atoms with Crippen molar-refractivity contribution in [1.29, 1.82) is 0 Å². The summed E-state index contributed by atoms with van der Waals surface area (Å²) in [5, 5.41) is 3.21. The van der Waals surface area contributed by atoms with Gasteiger partial charge in [0.15, 0.2) is 11.5 Å². The van der Waals surface area contributed by atoms with Crippen LogP contribution in [0.1, 0.15) is 45.6 Å². The van der Waals surface area contributed by atoms with Crippen LogP contribution in [-0.4, -0.2) is 19.8 Å². The minimum atomic E-state index is 0.306. The fourth-order valence-corrected chi connectivity index (χ4v) is 3.43. The van der Waals surface area contributed by atoms with Crippen molar-refractivity contribution in [3.63, 3.8) is 0 Å². The molecule has 1 saturated carbocycles. The minimum absolute atomic E-state index is 0.306. The van der Waals surface area contributed by atoms with Crippen LogP contribution in [-0.2, 0) is 6.54 Å². The Morgan fingerprint density at radius 1 is 1.14 bits per heavy atom. The van der Waals surface area contributed by atoms with Gasteiger partial charge in [-0.25, -0.2) is 0 Å². The van der Waals surface area contributed by atoms with Crippen LogP contribution in [0.4, 0.5) is 0 Å². The Kier molecular flexibility index (Phi) is 5.92. The average molecular weight is 291 g/mol. The number of rotatable bonds is 6. The van der Waals surface area contributed by atoms with Crippen LogP contribution >= 0.6 is 0 Å². The molecule has 0 amide bonds.